The number of hydrogen-bond donors (Lipinski definition) is 0. The van der Waals surface area contributed by atoms with E-state index in [9.17, 15) is 9.18 Å². The number of carbonyl (C=O) groups excluding carboxylic acids is 1. The molecule has 2 unspecified atom stereocenters. The van der Waals surface area contributed by atoms with E-state index in [1.165, 1.54) is 0 Å². The van der Waals surface area contributed by atoms with Crippen molar-refractivity contribution in [2.24, 2.45) is 11.8 Å². The molecule has 0 bridgehead atoms. The molecule has 0 saturated carbocycles. The van der Waals surface area contributed by atoms with Crippen LogP contribution in [0.4, 0.5) is 4.39 Å². The quantitative estimate of drug-likeness (QED) is 0.641. The van der Waals surface area contributed by atoms with E-state index in [1.54, 1.807) is 4.90 Å². The van der Waals surface area contributed by atoms with Gasteiger partial charge in [0.2, 0.25) is 5.91 Å². The monoisotopic (exact) mass is 203 g/mol. The summed E-state index contributed by atoms with van der Waals surface area (Å²) in [4.78, 5) is 13.0. The number of rotatable bonds is 1. The number of nitrogens with zero attached hydrogens (tertiary/aromatic N) is 1. The van der Waals surface area contributed by atoms with Gasteiger partial charge in [0.25, 0.3) is 0 Å². The average molecular weight is 203 g/mol. The smallest absolute Gasteiger partial charge is 0.225 e. The fraction of sp³-hybridized carbons (Fsp3) is 0.909. The summed E-state index contributed by atoms with van der Waals surface area (Å²) in [5, 5.41) is 0. The Bertz CT molecular complexity index is 172. The largest absolute Gasteiger partial charge is 0.339 e. The van der Waals surface area contributed by atoms with Crippen LogP contribution in [0.15, 0.2) is 0 Å². The minimum absolute atomic E-state index is 0.00713. The Hall–Kier alpha value is -0.600. The summed E-state index contributed by atoms with van der Waals surface area (Å²) in [6.45, 7) is 10.4. The summed E-state index contributed by atoms with van der Waals surface area (Å²) in [5.41, 5.74) is 0. The zero-order valence-corrected chi connectivity index (χ0v) is 9.88. The van der Waals surface area contributed by atoms with E-state index >= 15 is 0 Å². The molecule has 2 nitrogen and oxygen atoms in total. The van der Waals surface area contributed by atoms with Crippen molar-refractivity contribution in [1.82, 2.24) is 4.90 Å². The van der Waals surface area contributed by atoms with Crippen LogP contribution in [0.2, 0.25) is 0 Å². The topological polar surface area (TPSA) is 20.3 Å². The fourth-order valence-electron chi connectivity index (χ4n) is 1.47. The first-order chi connectivity index (χ1) is 6.52. The molecule has 0 aromatic rings. The molecule has 1 fully saturated rings. The van der Waals surface area contributed by atoms with Gasteiger partial charge in [-0.1, -0.05) is 34.6 Å². The third kappa shape index (κ3) is 3.28. The predicted molar refractivity (Wildman–Crippen MR) is 56.8 cm³/mol. The van der Waals surface area contributed by atoms with Gasteiger partial charge >= 0.3 is 0 Å². The van der Waals surface area contributed by atoms with Gasteiger partial charge in [0, 0.05) is 18.4 Å². The molecular weight excluding hydrogens is 181 g/mol. The molecule has 84 valence electrons. The molecule has 0 aliphatic carbocycles. The van der Waals surface area contributed by atoms with Crippen LogP contribution in [0.25, 0.3) is 0 Å². The van der Waals surface area contributed by atoms with Crippen LogP contribution in [0.3, 0.4) is 0 Å². The van der Waals surface area contributed by atoms with Gasteiger partial charge in [-0.15, -0.1) is 0 Å². The summed E-state index contributed by atoms with van der Waals surface area (Å²) in [6, 6.07) is 0. The van der Waals surface area contributed by atoms with Gasteiger partial charge in [-0.2, -0.15) is 0 Å². The lowest BCUT2D eigenvalue weighted by atomic mass is 10.1. The van der Waals surface area contributed by atoms with Crippen molar-refractivity contribution in [2.75, 3.05) is 13.1 Å². The molecule has 2 atom stereocenters. The molecule has 0 radical (unpaired) electrons. The molecule has 0 spiro atoms. The molecule has 3 heteroatoms. The number of amides is 1. The number of hydrogen-bond acceptors (Lipinski definition) is 1. The second-order valence-electron chi connectivity index (χ2n) is 3.89. The van der Waals surface area contributed by atoms with Crippen LogP contribution in [-0.2, 0) is 4.79 Å². The van der Waals surface area contributed by atoms with Gasteiger partial charge in [-0.25, -0.2) is 4.39 Å². The Kier molecular flexibility index (Phi) is 5.73. The van der Waals surface area contributed by atoms with Gasteiger partial charge in [0.1, 0.15) is 6.17 Å². The Morgan fingerprint density at radius 1 is 1.36 bits per heavy atom. The average Bonchev–Trinajstić information content (AvgIpc) is 2.49. The molecule has 14 heavy (non-hydrogen) atoms. The van der Waals surface area contributed by atoms with Crippen molar-refractivity contribution < 1.29 is 9.18 Å². The minimum Gasteiger partial charge on any atom is -0.339 e. The second kappa shape index (κ2) is 5.99. The lowest BCUT2D eigenvalue weighted by molar-refractivity contribution is -0.133. The molecule has 0 N–H and O–H groups in total. The van der Waals surface area contributed by atoms with Gasteiger partial charge in [-0.05, 0) is 0 Å². The molecule has 1 aliphatic heterocycles. The van der Waals surface area contributed by atoms with Crippen molar-refractivity contribution in [3.05, 3.63) is 0 Å². The maximum absolute atomic E-state index is 13.0. The van der Waals surface area contributed by atoms with Crippen LogP contribution >= 0.6 is 0 Å². The SMILES string of the molecule is CC.CC(C)C(=O)N1CC(C)C(F)C1. The summed E-state index contributed by atoms with van der Waals surface area (Å²) in [7, 11) is 0. The van der Waals surface area contributed by atoms with Crippen molar-refractivity contribution in [3.63, 3.8) is 0 Å². The van der Waals surface area contributed by atoms with Crippen molar-refractivity contribution in [2.45, 2.75) is 40.8 Å². The molecule has 1 heterocycles. The van der Waals surface area contributed by atoms with E-state index in [0.717, 1.165) is 0 Å². The Balaban J connectivity index is 0.000000791. The highest BCUT2D eigenvalue weighted by atomic mass is 19.1. The van der Waals surface area contributed by atoms with E-state index in [0.29, 0.717) is 6.54 Å². The van der Waals surface area contributed by atoms with Crippen molar-refractivity contribution >= 4 is 5.91 Å². The maximum atomic E-state index is 13.0. The van der Waals surface area contributed by atoms with E-state index in [-0.39, 0.29) is 24.3 Å². The van der Waals surface area contributed by atoms with Crippen LogP contribution < -0.4 is 0 Å². The van der Waals surface area contributed by atoms with Crippen molar-refractivity contribution in [1.29, 1.82) is 0 Å². The highest BCUT2D eigenvalue weighted by Crippen LogP contribution is 2.20. The summed E-state index contributed by atoms with van der Waals surface area (Å²) in [6.07, 6.45) is -0.826. The standard InChI is InChI=1S/C9H16FNO.C2H6/c1-6(2)9(12)11-4-7(3)8(10)5-11;1-2/h6-8H,4-5H2,1-3H3;1-2H3. The van der Waals surface area contributed by atoms with Gasteiger partial charge in [0.05, 0.1) is 6.54 Å². The lowest BCUT2D eigenvalue weighted by Gasteiger charge is -2.17. The first-order valence-electron chi connectivity index (χ1n) is 5.45. The number of alkyl halides is 1. The van der Waals surface area contributed by atoms with Gasteiger partial charge in [-0.3, -0.25) is 4.79 Å². The maximum Gasteiger partial charge on any atom is 0.225 e. The van der Waals surface area contributed by atoms with E-state index in [4.69, 9.17) is 0 Å². The molecule has 1 saturated heterocycles. The fourth-order valence-corrected chi connectivity index (χ4v) is 1.47. The highest BCUT2D eigenvalue weighted by molar-refractivity contribution is 5.78. The van der Waals surface area contributed by atoms with Crippen molar-refractivity contribution in [3.8, 4) is 0 Å². The van der Waals surface area contributed by atoms with E-state index < -0.39 is 6.17 Å². The Morgan fingerprint density at radius 3 is 2.14 bits per heavy atom. The second-order valence-corrected chi connectivity index (χ2v) is 3.89. The summed E-state index contributed by atoms with van der Waals surface area (Å²) < 4.78 is 13.0. The molecule has 1 rings (SSSR count). The predicted octanol–water partition coefficient (Wildman–Crippen LogP) is 2.49. The number of halogens is 1. The minimum atomic E-state index is -0.826. The van der Waals surface area contributed by atoms with E-state index in [2.05, 4.69) is 0 Å². The molecule has 0 aromatic heterocycles. The van der Waals surface area contributed by atoms with E-state index in [1.807, 2.05) is 34.6 Å². The van der Waals surface area contributed by atoms with Crippen LogP contribution in [0.1, 0.15) is 34.6 Å². The molecule has 1 amide bonds. The molecule has 1 aliphatic rings. The lowest BCUT2D eigenvalue weighted by Crippen LogP contribution is -2.32. The third-order valence-corrected chi connectivity index (χ3v) is 2.33. The first kappa shape index (κ1) is 13.4. The van der Waals surface area contributed by atoms with Crippen LogP contribution in [0, 0.1) is 11.8 Å². The summed E-state index contributed by atoms with van der Waals surface area (Å²) in [5.74, 6) is 0.0669. The Labute approximate surface area is 86.5 Å². The first-order valence-corrected chi connectivity index (χ1v) is 5.45. The number of likely N-dealkylation sites (tertiary alicyclic amines) is 1. The van der Waals surface area contributed by atoms with Gasteiger partial charge < -0.3 is 4.90 Å². The summed E-state index contributed by atoms with van der Waals surface area (Å²) >= 11 is 0. The molecule has 0 aromatic carbocycles. The van der Waals surface area contributed by atoms with Crippen LogP contribution in [0.5, 0.6) is 0 Å². The number of carbonyl (C=O) groups is 1. The molecular formula is C11H22FNO. The highest BCUT2D eigenvalue weighted by Gasteiger charge is 2.32. The van der Waals surface area contributed by atoms with Gasteiger partial charge in [0.15, 0.2) is 0 Å². The Morgan fingerprint density at radius 2 is 1.86 bits per heavy atom. The normalized spacial score (nSPS) is 26.1. The zero-order valence-electron chi connectivity index (χ0n) is 9.88. The van der Waals surface area contributed by atoms with Crippen LogP contribution in [-0.4, -0.2) is 30.1 Å². The third-order valence-electron chi connectivity index (χ3n) is 2.33. The zero-order chi connectivity index (χ0) is 11.3.